The number of rotatable bonds is 10. The van der Waals surface area contributed by atoms with Gasteiger partial charge < -0.3 is 24.4 Å². The number of likely N-dealkylation sites (N-methyl/N-ethyl adjacent to an activating group) is 1. The van der Waals surface area contributed by atoms with Gasteiger partial charge in [0.1, 0.15) is 5.75 Å². The number of nitrogens with zero attached hydrogens (tertiary/aromatic N) is 1. The monoisotopic (exact) mass is 420 g/mol. The van der Waals surface area contributed by atoms with Gasteiger partial charge in [0.25, 0.3) is 5.91 Å². The molecule has 7 heteroatoms. The molecule has 0 bridgehead atoms. The van der Waals surface area contributed by atoms with Crippen LogP contribution < -0.4 is 19.5 Å². The van der Waals surface area contributed by atoms with Crippen LogP contribution in [0.3, 0.4) is 0 Å². The predicted molar refractivity (Wildman–Crippen MR) is 116 cm³/mol. The molecule has 1 atom stereocenters. The van der Waals surface area contributed by atoms with Gasteiger partial charge >= 0.3 is 0 Å². The second-order valence-corrected chi connectivity index (χ2v) is 7.21. The first kappa shape index (κ1) is 22.8. The van der Waals surface area contributed by atoms with E-state index in [9.17, 15) is 4.79 Å². The van der Waals surface area contributed by atoms with E-state index in [-0.39, 0.29) is 11.9 Å². The minimum Gasteiger partial charge on any atom is -0.497 e. The van der Waals surface area contributed by atoms with E-state index >= 15 is 0 Å². The SMILES string of the molecule is CCCOc1c(Cl)cc(C(=O)NCC(c2cccc(OC)c2)N(C)C)cc1OC. The van der Waals surface area contributed by atoms with Crippen LogP contribution in [0.4, 0.5) is 0 Å². The van der Waals surface area contributed by atoms with E-state index in [1.807, 2.05) is 50.2 Å². The van der Waals surface area contributed by atoms with Crippen LogP contribution in [0.15, 0.2) is 36.4 Å². The van der Waals surface area contributed by atoms with E-state index in [0.29, 0.717) is 35.2 Å². The molecule has 0 heterocycles. The Bertz CT molecular complexity index is 826. The van der Waals surface area contributed by atoms with Crippen LogP contribution in [-0.2, 0) is 0 Å². The van der Waals surface area contributed by atoms with Gasteiger partial charge in [0.2, 0.25) is 0 Å². The molecule has 0 aromatic heterocycles. The maximum Gasteiger partial charge on any atom is 0.251 e. The molecule has 1 unspecified atom stereocenters. The Morgan fingerprint density at radius 2 is 1.93 bits per heavy atom. The van der Waals surface area contributed by atoms with E-state index in [1.54, 1.807) is 19.2 Å². The third-order valence-electron chi connectivity index (χ3n) is 4.50. The molecule has 2 aromatic rings. The standard InChI is InChI=1S/C22H29ClN2O4/c1-6-10-29-21-18(23)12-16(13-20(21)28-5)22(26)24-14-19(25(2)3)15-8-7-9-17(11-15)27-4/h7-9,11-13,19H,6,10,14H2,1-5H3,(H,24,26). The number of nitrogens with one attached hydrogen (secondary N) is 1. The number of hydrogen-bond donors (Lipinski definition) is 1. The number of carbonyl (C=O) groups is 1. The second kappa shape index (κ2) is 10.9. The Morgan fingerprint density at radius 3 is 2.55 bits per heavy atom. The predicted octanol–water partition coefficient (Wildman–Crippen LogP) is 4.18. The molecule has 29 heavy (non-hydrogen) atoms. The molecule has 6 nitrogen and oxygen atoms in total. The van der Waals surface area contributed by atoms with Gasteiger partial charge in [-0.3, -0.25) is 4.79 Å². The molecule has 0 saturated carbocycles. The van der Waals surface area contributed by atoms with E-state index in [4.69, 9.17) is 25.8 Å². The van der Waals surface area contributed by atoms with Crippen LogP contribution in [0.2, 0.25) is 5.02 Å². The molecule has 0 spiro atoms. The summed E-state index contributed by atoms with van der Waals surface area (Å²) in [5.74, 6) is 1.44. The van der Waals surface area contributed by atoms with Gasteiger partial charge in [0.15, 0.2) is 11.5 Å². The van der Waals surface area contributed by atoms with E-state index < -0.39 is 0 Å². The lowest BCUT2D eigenvalue weighted by molar-refractivity contribution is 0.0941. The first-order valence-corrected chi connectivity index (χ1v) is 9.87. The van der Waals surface area contributed by atoms with E-state index in [0.717, 1.165) is 17.7 Å². The minimum absolute atomic E-state index is 0.0152. The second-order valence-electron chi connectivity index (χ2n) is 6.80. The van der Waals surface area contributed by atoms with Gasteiger partial charge in [-0.25, -0.2) is 0 Å². The maximum absolute atomic E-state index is 12.8. The summed E-state index contributed by atoms with van der Waals surface area (Å²) in [6.45, 7) is 2.95. The van der Waals surface area contributed by atoms with Crippen molar-refractivity contribution in [3.05, 3.63) is 52.5 Å². The number of methoxy groups -OCH3 is 2. The van der Waals surface area contributed by atoms with Crippen LogP contribution in [0.1, 0.15) is 35.3 Å². The summed E-state index contributed by atoms with van der Waals surface area (Å²) >= 11 is 6.33. The van der Waals surface area contributed by atoms with Gasteiger partial charge in [-0.15, -0.1) is 0 Å². The third kappa shape index (κ3) is 6.02. The molecule has 1 N–H and O–H groups in total. The van der Waals surface area contributed by atoms with Crippen molar-refractivity contribution in [2.75, 3.05) is 41.5 Å². The van der Waals surface area contributed by atoms with E-state index in [2.05, 4.69) is 5.32 Å². The van der Waals surface area contributed by atoms with Crippen LogP contribution in [-0.4, -0.2) is 52.3 Å². The largest absolute Gasteiger partial charge is 0.497 e. The van der Waals surface area contributed by atoms with Gasteiger partial charge in [0, 0.05) is 12.1 Å². The summed E-state index contributed by atoms with van der Waals surface area (Å²) in [7, 11) is 7.10. The summed E-state index contributed by atoms with van der Waals surface area (Å²) in [6.07, 6.45) is 0.845. The summed E-state index contributed by atoms with van der Waals surface area (Å²) in [4.78, 5) is 14.8. The van der Waals surface area contributed by atoms with Crippen molar-refractivity contribution in [2.24, 2.45) is 0 Å². The molecule has 0 aliphatic rings. The normalized spacial score (nSPS) is 11.8. The summed E-state index contributed by atoms with van der Waals surface area (Å²) in [6, 6.07) is 11.0. The molecule has 0 aliphatic carbocycles. The van der Waals surface area contributed by atoms with Crippen molar-refractivity contribution in [3.63, 3.8) is 0 Å². The molecule has 0 fully saturated rings. The zero-order valence-electron chi connectivity index (χ0n) is 17.6. The van der Waals surface area contributed by atoms with Crippen LogP contribution in [0.25, 0.3) is 0 Å². The molecule has 0 aliphatic heterocycles. The van der Waals surface area contributed by atoms with Crippen LogP contribution in [0.5, 0.6) is 17.2 Å². The lowest BCUT2D eigenvalue weighted by Gasteiger charge is -2.25. The average molecular weight is 421 g/mol. The van der Waals surface area contributed by atoms with Crippen molar-refractivity contribution >= 4 is 17.5 Å². The van der Waals surface area contributed by atoms with E-state index in [1.165, 1.54) is 7.11 Å². The summed E-state index contributed by atoms with van der Waals surface area (Å²) in [5, 5.41) is 3.33. The quantitative estimate of drug-likeness (QED) is 0.624. The lowest BCUT2D eigenvalue weighted by Crippen LogP contribution is -2.34. The fourth-order valence-corrected chi connectivity index (χ4v) is 3.20. The van der Waals surface area contributed by atoms with Crippen molar-refractivity contribution in [2.45, 2.75) is 19.4 Å². The number of halogens is 1. The number of amides is 1. The molecular formula is C22H29ClN2O4. The Kier molecular flexibility index (Phi) is 8.61. The van der Waals surface area contributed by atoms with Crippen LogP contribution in [0, 0.1) is 0 Å². The zero-order valence-corrected chi connectivity index (χ0v) is 18.4. The fourth-order valence-electron chi connectivity index (χ4n) is 2.93. The molecule has 0 saturated heterocycles. The highest BCUT2D eigenvalue weighted by Crippen LogP contribution is 2.36. The Balaban J connectivity index is 2.16. The zero-order chi connectivity index (χ0) is 21.4. The van der Waals surface area contributed by atoms with Crippen molar-refractivity contribution < 1.29 is 19.0 Å². The lowest BCUT2D eigenvalue weighted by atomic mass is 10.1. The first-order valence-electron chi connectivity index (χ1n) is 9.50. The molecule has 1 amide bonds. The third-order valence-corrected chi connectivity index (χ3v) is 4.78. The number of hydrogen-bond acceptors (Lipinski definition) is 5. The first-order chi connectivity index (χ1) is 13.9. The highest BCUT2D eigenvalue weighted by Gasteiger charge is 2.19. The van der Waals surface area contributed by atoms with Crippen molar-refractivity contribution in [3.8, 4) is 17.2 Å². The van der Waals surface area contributed by atoms with Gasteiger partial charge in [-0.2, -0.15) is 0 Å². The van der Waals surface area contributed by atoms with Crippen molar-refractivity contribution in [1.29, 1.82) is 0 Å². The van der Waals surface area contributed by atoms with Gasteiger partial charge in [-0.05, 0) is 50.3 Å². The topological polar surface area (TPSA) is 60.0 Å². The highest BCUT2D eigenvalue weighted by molar-refractivity contribution is 6.32. The number of carbonyl (C=O) groups excluding carboxylic acids is 1. The molecule has 0 radical (unpaired) electrons. The Morgan fingerprint density at radius 1 is 1.17 bits per heavy atom. The molecule has 158 valence electrons. The smallest absolute Gasteiger partial charge is 0.251 e. The fraction of sp³-hybridized carbons (Fsp3) is 0.409. The van der Waals surface area contributed by atoms with Crippen molar-refractivity contribution in [1.82, 2.24) is 10.2 Å². The maximum atomic E-state index is 12.8. The van der Waals surface area contributed by atoms with Gasteiger partial charge in [0.05, 0.1) is 31.9 Å². The minimum atomic E-state index is -0.234. The average Bonchev–Trinajstić information content (AvgIpc) is 2.72. The highest BCUT2D eigenvalue weighted by atomic mass is 35.5. The Hall–Kier alpha value is -2.44. The summed E-state index contributed by atoms with van der Waals surface area (Å²) in [5.41, 5.74) is 1.47. The Labute approximate surface area is 177 Å². The number of ether oxygens (including phenoxy) is 3. The number of benzene rings is 2. The molecular weight excluding hydrogens is 392 g/mol. The molecule has 2 aromatic carbocycles. The summed E-state index contributed by atoms with van der Waals surface area (Å²) < 4.78 is 16.3. The van der Waals surface area contributed by atoms with Crippen LogP contribution >= 0.6 is 11.6 Å². The van der Waals surface area contributed by atoms with Gasteiger partial charge in [-0.1, -0.05) is 30.7 Å². The molecule has 2 rings (SSSR count).